The molecule has 3 aromatic carbocycles. The van der Waals surface area contributed by atoms with Crippen LogP contribution in [0.4, 0.5) is 5.69 Å². The maximum atomic E-state index is 13.0. The molecule has 0 spiro atoms. The van der Waals surface area contributed by atoms with Crippen molar-refractivity contribution in [1.29, 1.82) is 0 Å². The number of anilines is 1. The highest BCUT2D eigenvalue weighted by Crippen LogP contribution is 2.37. The van der Waals surface area contributed by atoms with Gasteiger partial charge in [-0.15, -0.1) is 0 Å². The van der Waals surface area contributed by atoms with Gasteiger partial charge in [0.15, 0.2) is 0 Å². The molecule has 0 saturated heterocycles. The molecule has 1 amide bonds. The number of ether oxygens (including phenoxy) is 2. The standard InChI is InChI=1S/C25H25NO3/c1-28-20-15-13-19(14-16-20)26-25(27)23-11-5-10-22-21(23)9-6-12-24(22)29-17-18-7-3-2-4-8-18/h2-4,6-9,12-16,23H,5,10-11,17H2,1H3,(H,26,27). The molecule has 1 atom stereocenters. The van der Waals surface area contributed by atoms with Crippen molar-refractivity contribution < 1.29 is 14.3 Å². The Morgan fingerprint density at radius 3 is 2.55 bits per heavy atom. The number of rotatable bonds is 6. The highest BCUT2D eigenvalue weighted by molar-refractivity contribution is 5.96. The normalized spacial score (nSPS) is 15.3. The summed E-state index contributed by atoms with van der Waals surface area (Å²) in [6.07, 6.45) is 2.75. The predicted molar refractivity (Wildman–Crippen MR) is 115 cm³/mol. The van der Waals surface area contributed by atoms with Crippen LogP contribution in [0.2, 0.25) is 0 Å². The predicted octanol–water partition coefficient (Wildman–Crippen LogP) is 5.33. The summed E-state index contributed by atoms with van der Waals surface area (Å²) in [6.45, 7) is 0.528. The van der Waals surface area contributed by atoms with Crippen LogP contribution < -0.4 is 14.8 Å². The summed E-state index contributed by atoms with van der Waals surface area (Å²) in [5.41, 5.74) is 4.14. The van der Waals surface area contributed by atoms with Crippen LogP contribution in [0.1, 0.15) is 35.4 Å². The second-order valence-corrected chi connectivity index (χ2v) is 7.26. The Morgan fingerprint density at radius 1 is 1.00 bits per heavy atom. The van der Waals surface area contributed by atoms with Crippen molar-refractivity contribution in [3.63, 3.8) is 0 Å². The quantitative estimate of drug-likeness (QED) is 0.622. The minimum Gasteiger partial charge on any atom is -0.497 e. The lowest BCUT2D eigenvalue weighted by atomic mass is 9.82. The van der Waals surface area contributed by atoms with Crippen molar-refractivity contribution in [3.05, 3.63) is 89.5 Å². The smallest absolute Gasteiger partial charge is 0.231 e. The second kappa shape index (κ2) is 8.82. The van der Waals surface area contributed by atoms with Crippen molar-refractivity contribution in [2.45, 2.75) is 31.8 Å². The Bertz CT molecular complexity index is 967. The van der Waals surface area contributed by atoms with E-state index in [0.717, 1.165) is 53.1 Å². The van der Waals surface area contributed by atoms with E-state index in [1.807, 2.05) is 54.6 Å². The first kappa shape index (κ1) is 19.1. The lowest BCUT2D eigenvalue weighted by Gasteiger charge is -2.26. The van der Waals surface area contributed by atoms with Gasteiger partial charge < -0.3 is 14.8 Å². The van der Waals surface area contributed by atoms with Gasteiger partial charge in [-0.05, 0) is 66.3 Å². The van der Waals surface area contributed by atoms with Crippen LogP contribution >= 0.6 is 0 Å². The van der Waals surface area contributed by atoms with Crippen molar-refractivity contribution in [2.75, 3.05) is 12.4 Å². The van der Waals surface area contributed by atoms with E-state index in [0.29, 0.717) is 6.61 Å². The minimum absolute atomic E-state index is 0.0244. The number of hydrogen-bond acceptors (Lipinski definition) is 3. The molecule has 0 radical (unpaired) electrons. The molecule has 1 N–H and O–H groups in total. The third-order valence-electron chi connectivity index (χ3n) is 5.38. The molecule has 4 nitrogen and oxygen atoms in total. The number of carbonyl (C=O) groups is 1. The number of nitrogens with one attached hydrogen (secondary N) is 1. The number of methoxy groups -OCH3 is 1. The fourth-order valence-electron chi connectivity index (χ4n) is 3.86. The van der Waals surface area contributed by atoms with E-state index in [1.54, 1.807) is 7.11 Å². The Balaban J connectivity index is 1.50. The van der Waals surface area contributed by atoms with Gasteiger partial charge in [-0.2, -0.15) is 0 Å². The molecule has 0 aliphatic heterocycles. The summed E-state index contributed by atoms with van der Waals surface area (Å²) in [5, 5.41) is 3.05. The number of amides is 1. The molecule has 1 aliphatic carbocycles. The van der Waals surface area contributed by atoms with Gasteiger partial charge in [0.1, 0.15) is 18.1 Å². The summed E-state index contributed by atoms with van der Waals surface area (Å²) < 4.78 is 11.3. The van der Waals surface area contributed by atoms with Gasteiger partial charge in [-0.3, -0.25) is 4.79 Å². The molecule has 4 heteroatoms. The van der Waals surface area contributed by atoms with Gasteiger partial charge in [0.25, 0.3) is 0 Å². The third-order valence-corrected chi connectivity index (χ3v) is 5.38. The van der Waals surface area contributed by atoms with Crippen LogP contribution in [0, 0.1) is 0 Å². The zero-order chi connectivity index (χ0) is 20.1. The van der Waals surface area contributed by atoms with Crippen LogP contribution in [-0.4, -0.2) is 13.0 Å². The summed E-state index contributed by atoms with van der Waals surface area (Å²) in [5.74, 6) is 1.51. The third kappa shape index (κ3) is 4.43. The molecule has 1 unspecified atom stereocenters. The van der Waals surface area contributed by atoms with Crippen molar-refractivity contribution >= 4 is 11.6 Å². The summed E-state index contributed by atoms with van der Waals surface area (Å²) in [7, 11) is 1.63. The fraction of sp³-hybridized carbons (Fsp3) is 0.240. The molecule has 29 heavy (non-hydrogen) atoms. The number of carbonyl (C=O) groups excluding carboxylic acids is 1. The fourth-order valence-corrected chi connectivity index (χ4v) is 3.86. The highest BCUT2D eigenvalue weighted by atomic mass is 16.5. The van der Waals surface area contributed by atoms with Gasteiger partial charge in [0.2, 0.25) is 5.91 Å². The monoisotopic (exact) mass is 387 g/mol. The number of fused-ring (bicyclic) bond motifs is 1. The van der Waals surface area contributed by atoms with Gasteiger partial charge >= 0.3 is 0 Å². The zero-order valence-electron chi connectivity index (χ0n) is 16.6. The Labute approximate surface area is 171 Å². The molecule has 4 rings (SSSR count). The number of hydrogen-bond donors (Lipinski definition) is 1. The molecule has 0 fully saturated rings. The van der Waals surface area contributed by atoms with Gasteiger partial charge in [0, 0.05) is 5.69 Å². The molecule has 3 aromatic rings. The molecular weight excluding hydrogens is 362 g/mol. The van der Waals surface area contributed by atoms with E-state index < -0.39 is 0 Å². The van der Waals surface area contributed by atoms with Crippen molar-refractivity contribution in [1.82, 2.24) is 0 Å². The first-order valence-electron chi connectivity index (χ1n) is 9.98. The van der Waals surface area contributed by atoms with E-state index in [1.165, 1.54) is 0 Å². The average molecular weight is 387 g/mol. The zero-order valence-corrected chi connectivity index (χ0v) is 16.6. The van der Waals surface area contributed by atoms with E-state index in [4.69, 9.17) is 9.47 Å². The Hall–Kier alpha value is -3.27. The lowest BCUT2D eigenvalue weighted by Crippen LogP contribution is -2.25. The van der Waals surface area contributed by atoms with E-state index in [9.17, 15) is 4.79 Å². The van der Waals surface area contributed by atoms with Gasteiger partial charge in [-0.25, -0.2) is 0 Å². The van der Waals surface area contributed by atoms with E-state index in [-0.39, 0.29) is 11.8 Å². The first-order valence-corrected chi connectivity index (χ1v) is 9.98. The SMILES string of the molecule is COc1ccc(NC(=O)C2CCCc3c(OCc4ccccc4)cccc32)cc1. The van der Waals surface area contributed by atoms with Crippen LogP contribution in [0.15, 0.2) is 72.8 Å². The lowest BCUT2D eigenvalue weighted by molar-refractivity contribution is -0.117. The Kier molecular flexibility index (Phi) is 5.80. The van der Waals surface area contributed by atoms with Crippen LogP contribution in [0.3, 0.4) is 0 Å². The van der Waals surface area contributed by atoms with Gasteiger partial charge in [-0.1, -0.05) is 42.5 Å². The molecule has 148 valence electrons. The molecule has 0 aromatic heterocycles. The number of benzene rings is 3. The largest absolute Gasteiger partial charge is 0.497 e. The van der Waals surface area contributed by atoms with Gasteiger partial charge in [0.05, 0.1) is 13.0 Å². The Morgan fingerprint density at radius 2 is 1.79 bits per heavy atom. The first-order chi connectivity index (χ1) is 14.2. The van der Waals surface area contributed by atoms with Crippen LogP contribution in [0.25, 0.3) is 0 Å². The second-order valence-electron chi connectivity index (χ2n) is 7.26. The molecule has 1 aliphatic rings. The maximum absolute atomic E-state index is 13.0. The molecular formula is C25H25NO3. The van der Waals surface area contributed by atoms with Crippen molar-refractivity contribution in [3.8, 4) is 11.5 Å². The van der Waals surface area contributed by atoms with E-state index in [2.05, 4.69) is 23.5 Å². The van der Waals surface area contributed by atoms with Crippen LogP contribution in [0.5, 0.6) is 11.5 Å². The molecule has 0 saturated carbocycles. The average Bonchev–Trinajstić information content (AvgIpc) is 2.78. The topological polar surface area (TPSA) is 47.6 Å². The maximum Gasteiger partial charge on any atom is 0.231 e. The minimum atomic E-state index is -0.166. The highest BCUT2D eigenvalue weighted by Gasteiger charge is 2.28. The van der Waals surface area contributed by atoms with Crippen molar-refractivity contribution in [2.24, 2.45) is 0 Å². The van der Waals surface area contributed by atoms with E-state index >= 15 is 0 Å². The molecule has 0 bridgehead atoms. The molecule has 0 heterocycles. The summed E-state index contributed by atoms with van der Waals surface area (Å²) in [6, 6.07) is 23.6. The summed E-state index contributed by atoms with van der Waals surface area (Å²) in [4.78, 5) is 13.0. The van der Waals surface area contributed by atoms with Crippen LogP contribution in [-0.2, 0) is 17.8 Å². The summed E-state index contributed by atoms with van der Waals surface area (Å²) >= 11 is 0.